The first-order valence-corrected chi connectivity index (χ1v) is 49.3. The number of piperidine rings is 1. The summed E-state index contributed by atoms with van der Waals surface area (Å²) in [6.07, 6.45) is 21.0. The number of aromatic nitrogens is 12. The van der Waals surface area contributed by atoms with Crippen LogP contribution in [-0.2, 0) is 13.2 Å². The van der Waals surface area contributed by atoms with Crippen molar-refractivity contribution in [1.29, 1.82) is 0 Å². The Morgan fingerprint density at radius 1 is 0.361 bits per heavy atom. The largest absolute Gasteiger partial charge is 0.496 e. The third kappa shape index (κ3) is 23.2. The van der Waals surface area contributed by atoms with Crippen molar-refractivity contribution in [2.45, 2.75) is 84.2 Å². The van der Waals surface area contributed by atoms with E-state index in [2.05, 4.69) is 41.5 Å². The number of halogens is 16. The molecule has 0 aliphatic carbocycles. The van der Waals surface area contributed by atoms with E-state index in [4.69, 9.17) is 155 Å². The van der Waals surface area contributed by atoms with Crippen molar-refractivity contribution in [3.8, 4) is 67.1 Å². The maximum Gasteiger partial charge on any atom is 0.172 e. The highest BCUT2D eigenvalue weighted by Crippen LogP contribution is 2.43. The number of para-hydroxylation sites is 2. The molecule has 0 radical (unpaired) electrons. The average Bonchev–Trinajstić information content (AvgIpc) is 1.67. The first-order chi connectivity index (χ1) is 70.9. The predicted molar refractivity (Wildman–Crippen MR) is 569 cm³/mol. The second-order valence-corrected chi connectivity index (χ2v) is 37.6. The molecule has 4 unspecified atom stereocenters. The SMILES string of the molecule is CC(On1ccc2ncc(-c3ccccc3CO)cc21)c1c(Cl)ccc(F)c1Cl.CC(On1ccc2ncc(-c3ccccc3N)cc21)c1c(Cl)ccc(F)c1Cl.COc1cccc(-c2cnc3ccn(OC(C)c4c(Cl)ccc(F)c4Cl)c3c2)c1F.COc1ccccc1-c1cnc2ccn(OC(C)c3c(Cl)ccc(F)c3Cl)c2c1.Fc1cc(COn2ccc3ncc(-c4cnn(C5CCNCC5)c4)cc32)c(Cl)cc1Cl. The van der Waals surface area contributed by atoms with Crippen LogP contribution in [0.5, 0.6) is 11.5 Å². The molecule has 752 valence electrons. The fourth-order valence-corrected chi connectivity index (χ4v) is 19.9. The van der Waals surface area contributed by atoms with Gasteiger partial charge in [-0.1, -0.05) is 189 Å². The van der Waals surface area contributed by atoms with Gasteiger partial charge in [-0.25, -0.2) is 26.3 Å². The second kappa shape index (κ2) is 46.7. The van der Waals surface area contributed by atoms with E-state index in [9.17, 15) is 31.4 Å². The number of benzene rings is 9. The number of aliphatic hydroxyl groups excluding tert-OH is 1. The number of nitrogen functional groups attached to an aromatic ring is 1. The van der Waals surface area contributed by atoms with Crippen LogP contribution >= 0.6 is 116 Å². The Bertz CT molecular complexity index is 8040. The van der Waals surface area contributed by atoms with E-state index in [-0.39, 0.29) is 44.1 Å². The highest BCUT2D eigenvalue weighted by molar-refractivity contribution is 6.38. The van der Waals surface area contributed by atoms with Gasteiger partial charge in [-0.05, 0) is 204 Å². The van der Waals surface area contributed by atoms with Crippen LogP contribution in [0.1, 0.15) is 104 Å². The molecule has 1 fully saturated rings. The number of ether oxygens (including phenoxy) is 2. The van der Waals surface area contributed by atoms with Crippen LogP contribution in [0, 0.1) is 34.9 Å². The highest BCUT2D eigenvalue weighted by Gasteiger charge is 2.28. The van der Waals surface area contributed by atoms with Gasteiger partial charge in [0.15, 0.2) is 36.0 Å². The number of hydrogen-bond donors (Lipinski definition) is 3. The number of rotatable bonds is 24. The summed E-state index contributed by atoms with van der Waals surface area (Å²) < 4.78 is 104. The summed E-state index contributed by atoms with van der Waals surface area (Å²) in [5, 5.41) is 19.0. The zero-order chi connectivity index (χ0) is 104. The molecule has 4 atom stereocenters. The predicted octanol–water partition coefficient (Wildman–Crippen LogP) is 29.5. The third-order valence-electron chi connectivity index (χ3n) is 24.3. The number of nitrogens with zero attached hydrogens (tertiary/aromatic N) is 12. The maximum absolute atomic E-state index is 14.7. The number of methoxy groups -OCH3 is 2. The van der Waals surface area contributed by atoms with Crippen LogP contribution < -0.4 is 44.7 Å². The second-order valence-electron chi connectivity index (χ2n) is 33.6. The fraction of sp³-hybridized carbons (Fsp3) is 0.156. The number of nitrogens with one attached hydrogen (secondary N) is 1. The Hall–Kier alpha value is -13.6. The number of hydrogen-bond acceptors (Lipinski definition) is 16. The molecule has 11 aromatic heterocycles. The zero-order valence-electron chi connectivity index (χ0n) is 78.6. The van der Waals surface area contributed by atoms with E-state index in [1.54, 1.807) is 140 Å². The normalized spacial score (nSPS) is 12.8. The minimum absolute atomic E-state index is 0.0148. The fourth-order valence-electron chi connectivity index (χ4n) is 16.8. The van der Waals surface area contributed by atoms with E-state index in [0.717, 1.165) is 126 Å². The lowest BCUT2D eigenvalue weighted by atomic mass is 10.0. The molecule has 0 bridgehead atoms. The van der Waals surface area contributed by atoms with E-state index < -0.39 is 59.3 Å². The van der Waals surface area contributed by atoms with Gasteiger partial charge in [-0.3, -0.25) is 29.6 Å². The standard InChI is InChI=1S/C22H16Cl2F2N2O2.C22H20Cl2FN5O.2C22H17Cl2FN2O2.C21H16Cl2FN3O/c1-12(20-15(23)6-7-16(25)21(20)24)30-28-9-8-17-18(28)10-13(11-27-17)14-4-3-5-19(29-2)22(14)26;23-18-9-19(24)20(25)7-15(18)13-31-30-6-3-21-22(30)8-14(10-27-21)16-11-28-29(12-16)17-1-4-26-5-2-17;1-13(21-16(23)7-8-17(25)22(21)24)29-27-10-9-18-19(27)11-14(12-26-18)15-5-3-4-6-20(15)28-2;1-13(21-17(23)6-7-18(25)22(21)24)29-27-9-8-19-20(27)10-15(11-26-19)16-5-3-2-4-14(16)12-28;1-12(20-15(22)6-7-16(24)21(20)23)28-27-9-8-18-19(27)10-13(11-26-18)14-4-2-3-5-17(14)25/h3-12H,1-2H3;3,6-12,17,26H,1-2,4-5,13H2;3-13H,1-2H3;2-11,13,28H,12H2,1H3;2-12H,25H2,1H3. The topological polar surface area (TPSA) is 230 Å². The molecule has 21 rings (SSSR count). The Labute approximate surface area is 888 Å². The van der Waals surface area contributed by atoms with Gasteiger partial charge in [0.1, 0.15) is 69.0 Å². The van der Waals surface area contributed by atoms with E-state index in [1.165, 1.54) is 72.5 Å². The molecular formula is C109H86Cl10F6N14O8. The highest BCUT2D eigenvalue weighted by atomic mass is 35.5. The van der Waals surface area contributed by atoms with Crippen LogP contribution in [0.3, 0.4) is 0 Å². The van der Waals surface area contributed by atoms with Crippen LogP contribution in [0.25, 0.3) is 111 Å². The van der Waals surface area contributed by atoms with Crippen molar-refractivity contribution in [1.82, 2.24) is 63.7 Å². The van der Waals surface area contributed by atoms with Crippen molar-refractivity contribution >= 4 is 177 Å². The number of anilines is 1. The molecule has 38 heteroatoms. The van der Waals surface area contributed by atoms with Gasteiger partial charge in [0.2, 0.25) is 0 Å². The molecule has 9 aromatic carbocycles. The molecule has 1 aliphatic rings. The maximum atomic E-state index is 14.7. The summed E-state index contributed by atoms with van der Waals surface area (Å²) in [4.78, 5) is 52.3. The number of pyridine rings is 5. The molecule has 12 heterocycles. The molecule has 147 heavy (non-hydrogen) atoms. The van der Waals surface area contributed by atoms with Gasteiger partial charge >= 0.3 is 0 Å². The van der Waals surface area contributed by atoms with Crippen LogP contribution in [-0.4, -0.2) is 90.8 Å². The first kappa shape index (κ1) is 105. The van der Waals surface area contributed by atoms with Gasteiger partial charge in [0.25, 0.3) is 0 Å². The molecule has 0 spiro atoms. The number of nitrogens with two attached hydrogens (primary N) is 1. The summed E-state index contributed by atoms with van der Waals surface area (Å²) in [7, 11) is 3.04. The zero-order valence-corrected chi connectivity index (χ0v) is 86.1. The molecule has 22 nitrogen and oxygen atoms in total. The molecule has 1 saturated heterocycles. The summed E-state index contributed by atoms with van der Waals surface area (Å²) in [5.74, 6) is -2.34. The molecule has 1 aliphatic heterocycles. The molecule has 0 saturated carbocycles. The molecule has 0 amide bonds. The lowest BCUT2D eigenvalue weighted by molar-refractivity contribution is 0.0561. The van der Waals surface area contributed by atoms with E-state index in [0.29, 0.717) is 86.8 Å². The van der Waals surface area contributed by atoms with Crippen molar-refractivity contribution in [2.24, 2.45) is 0 Å². The molecule has 4 N–H and O–H groups in total. The minimum Gasteiger partial charge on any atom is -0.496 e. The van der Waals surface area contributed by atoms with Gasteiger partial charge < -0.3 is 49.8 Å². The van der Waals surface area contributed by atoms with Crippen LogP contribution in [0.2, 0.25) is 50.2 Å². The minimum atomic E-state index is -0.659. The monoisotopic (exact) mass is 2180 g/mol. The summed E-state index contributed by atoms with van der Waals surface area (Å²) in [6.45, 7) is 9.02. The smallest absolute Gasteiger partial charge is 0.172 e. The van der Waals surface area contributed by atoms with Gasteiger partial charge in [-0.15, -0.1) is 0 Å². The van der Waals surface area contributed by atoms with E-state index >= 15 is 0 Å². The third-order valence-corrected chi connectivity index (χ3v) is 27.8. The average molecular weight is 2190 g/mol. The molecular weight excluding hydrogens is 2100 g/mol. The summed E-state index contributed by atoms with van der Waals surface area (Å²) in [5.41, 5.74) is 25.0. The lowest BCUT2D eigenvalue weighted by Gasteiger charge is -2.22. The van der Waals surface area contributed by atoms with Crippen molar-refractivity contribution in [3.63, 3.8) is 0 Å². The summed E-state index contributed by atoms with van der Waals surface area (Å²) in [6, 6.07) is 60.2. The quantitative estimate of drug-likeness (QED) is 0.0290. The Balaban J connectivity index is 0.000000126. The van der Waals surface area contributed by atoms with Gasteiger partial charge in [0, 0.05) is 177 Å². The number of fused-ring (bicyclic) bond motifs is 5. The first-order valence-electron chi connectivity index (χ1n) is 45.5. The Morgan fingerprint density at radius 3 is 1.16 bits per heavy atom. The Kier molecular flexibility index (Phi) is 33.3. The van der Waals surface area contributed by atoms with Crippen LogP contribution in [0.15, 0.2) is 287 Å². The lowest BCUT2D eigenvalue weighted by Crippen LogP contribution is -2.29. The van der Waals surface area contributed by atoms with Gasteiger partial charge in [0.05, 0.1) is 85.8 Å². The molecule has 20 aromatic rings. The summed E-state index contributed by atoms with van der Waals surface area (Å²) >= 11 is 61.2. The van der Waals surface area contributed by atoms with Crippen molar-refractivity contribution in [3.05, 3.63) is 405 Å². The number of aliphatic hydroxyl groups is 1. The van der Waals surface area contributed by atoms with E-state index in [1.807, 2.05) is 138 Å². The van der Waals surface area contributed by atoms with Crippen molar-refractivity contribution < 1.29 is 65.1 Å². The van der Waals surface area contributed by atoms with Crippen LogP contribution in [0.4, 0.5) is 32.0 Å². The van der Waals surface area contributed by atoms with Gasteiger partial charge in [-0.2, -0.15) is 28.8 Å². The Morgan fingerprint density at radius 2 is 0.721 bits per heavy atom. The van der Waals surface area contributed by atoms with Crippen molar-refractivity contribution in [2.75, 3.05) is 33.0 Å².